The van der Waals surface area contributed by atoms with Gasteiger partial charge in [0.2, 0.25) is 0 Å². The quantitative estimate of drug-likeness (QED) is 0.236. The minimum absolute atomic E-state index is 0. The van der Waals surface area contributed by atoms with E-state index in [0.29, 0.717) is 30.7 Å². The Hall–Kier alpha value is -1.42. The van der Waals surface area contributed by atoms with Crippen molar-refractivity contribution in [2.45, 2.75) is 45.7 Å². The molecule has 3 N–H and O–H groups in total. The summed E-state index contributed by atoms with van der Waals surface area (Å²) in [6, 6.07) is 4.57. The number of carbonyl (C=O) groups is 1. The molecule has 1 aromatic rings. The van der Waals surface area contributed by atoms with Crippen molar-refractivity contribution in [3.63, 3.8) is 0 Å². The number of hydrogen-bond donors (Lipinski definition) is 3. The van der Waals surface area contributed by atoms with E-state index >= 15 is 0 Å². The normalized spacial score (nSPS) is 15.9. The summed E-state index contributed by atoms with van der Waals surface area (Å²) in [5, 5.41) is 9.68. The standard InChI is InChI=1S/C19H32N6O.HI/c1-4-21-19(24-17-7-12-25(13-8-17)15(2)3)23-11-10-22-18(26)16-6-5-9-20-14-16;/h5-6,9,14-15,17H,4,7-8,10-13H2,1-3H3,(H,22,26)(H2,21,23,24);1H. The number of nitrogens with zero attached hydrogens (tertiary/aromatic N) is 3. The van der Waals surface area contributed by atoms with Crippen LogP contribution in [0.25, 0.3) is 0 Å². The van der Waals surface area contributed by atoms with Crippen LogP contribution in [-0.2, 0) is 0 Å². The smallest absolute Gasteiger partial charge is 0.252 e. The molecule has 0 spiro atoms. The van der Waals surface area contributed by atoms with E-state index in [1.807, 2.05) is 0 Å². The minimum atomic E-state index is -0.118. The van der Waals surface area contributed by atoms with Crippen LogP contribution in [0.1, 0.15) is 44.0 Å². The highest BCUT2D eigenvalue weighted by atomic mass is 127. The molecule has 1 amide bonds. The molecule has 2 rings (SSSR count). The molecule has 7 nitrogen and oxygen atoms in total. The number of likely N-dealkylation sites (tertiary alicyclic amines) is 1. The lowest BCUT2D eigenvalue weighted by Gasteiger charge is -2.35. The van der Waals surface area contributed by atoms with Crippen molar-refractivity contribution in [1.82, 2.24) is 25.8 Å². The first kappa shape index (κ1) is 23.6. The molecule has 152 valence electrons. The van der Waals surface area contributed by atoms with Crippen LogP contribution in [0.2, 0.25) is 0 Å². The number of guanidine groups is 1. The SMILES string of the molecule is CCNC(=NCCNC(=O)c1cccnc1)NC1CCN(C(C)C)CC1.I. The van der Waals surface area contributed by atoms with E-state index in [1.54, 1.807) is 24.5 Å². The lowest BCUT2D eigenvalue weighted by molar-refractivity contribution is 0.0954. The summed E-state index contributed by atoms with van der Waals surface area (Å²) in [6.07, 6.45) is 5.47. The van der Waals surface area contributed by atoms with Gasteiger partial charge in [-0.25, -0.2) is 0 Å². The van der Waals surface area contributed by atoms with Gasteiger partial charge in [-0.05, 0) is 45.7 Å². The maximum Gasteiger partial charge on any atom is 0.252 e. The van der Waals surface area contributed by atoms with Gasteiger partial charge in [0.15, 0.2) is 5.96 Å². The molecule has 0 bridgehead atoms. The number of rotatable bonds is 7. The van der Waals surface area contributed by atoms with Crippen molar-refractivity contribution in [1.29, 1.82) is 0 Å². The summed E-state index contributed by atoms with van der Waals surface area (Å²) in [5.41, 5.74) is 0.568. The largest absolute Gasteiger partial charge is 0.357 e. The van der Waals surface area contributed by atoms with Gasteiger partial charge in [-0.3, -0.25) is 14.8 Å². The molecule has 0 aromatic carbocycles. The predicted octanol–water partition coefficient (Wildman–Crippen LogP) is 1.86. The highest BCUT2D eigenvalue weighted by Gasteiger charge is 2.21. The molecule has 8 heteroatoms. The molecule has 2 heterocycles. The summed E-state index contributed by atoms with van der Waals surface area (Å²) in [6.45, 7) is 10.6. The second-order valence-corrected chi connectivity index (χ2v) is 6.81. The molecule has 27 heavy (non-hydrogen) atoms. The van der Waals surface area contributed by atoms with E-state index in [1.165, 1.54) is 0 Å². The Labute approximate surface area is 179 Å². The number of amides is 1. The van der Waals surface area contributed by atoms with Crippen LogP contribution in [0.3, 0.4) is 0 Å². The lowest BCUT2D eigenvalue weighted by Crippen LogP contribution is -2.50. The molecular weight excluding hydrogens is 455 g/mol. The average Bonchev–Trinajstić information content (AvgIpc) is 2.66. The van der Waals surface area contributed by atoms with Crippen LogP contribution in [0.5, 0.6) is 0 Å². The molecule has 0 unspecified atom stereocenters. The van der Waals surface area contributed by atoms with Gasteiger partial charge in [-0.2, -0.15) is 0 Å². The van der Waals surface area contributed by atoms with Crippen LogP contribution in [-0.4, -0.2) is 66.6 Å². The molecule has 0 atom stereocenters. The van der Waals surface area contributed by atoms with Crippen LogP contribution in [0, 0.1) is 0 Å². The van der Waals surface area contributed by atoms with Crippen molar-refractivity contribution >= 4 is 35.8 Å². The van der Waals surface area contributed by atoms with Crippen molar-refractivity contribution in [3.05, 3.63) is 30.1 Å². The number of aromatic nitrogens is 1. The highest BCUT2D eigenvalue weighted by molar-refractivity contribution is 14.0. The Morgan fingerprint density at radius 1 is 1.33 bits per heavy atom. The molecule has 1 saturated heterocycles. The zero-order valence-electron chi connectivity index (χ0n) is 16.6. The molecule has 0 aliphatic carbocycles. The second-order valence-electron chi connectivity index (χ2n) is 6.81. The van der Waals surface area contributed by atoms with Crippen LogP contribution in [0.4, 0.5) is 0 Å². The third kappa shape index (κ3) is 8.42. The zero-order valence-corrected chi connectivity index (χ0v) is 18.9. The van der Waals surface area contributed by atoms with E-state index in [-0.39, 0.29) is 29.9 Å². The molecule has 1 aliphatic heterocycles. The van der Waals surface area contributed by atoms with E-state index in [4.69, 9.17) is 0 Å². The monoisotopic (exact) mass is 488 g/mol. The Bertz CT molecular complexity index is 573. The van der Waals surface area contributed by atoms with Crippen molar-refractivity contribution in [2.75, 3.05) is 32.7 Å². The Morgan fingerprint density at radius 3 is 2.67 bits per heavy atom. The molecule has 1 aliphatic rings. The molecular formula is C19H33IN6O. The van der Waals surface area contributed by atoms with E-state index < -0.39 is 0 Å². The number of aliphatic imine (C=N–C) groups is 1. The lowest BCUT2D eigenvalue weighted by atomic mass is 10.0. The number of pyridine rings is 1. The molecule has 1 fully saturated rings. The van der Waals surface area contributed by atoms with Gasteiger partial charge in [0.05, 0.1) is 12.1 Å². The first-order chi connectivity index (χ1) is 12.6. The molecule has 1 aromatic heterocycles. The molecule has 0 radical (unpaired) electrons. The van der Waals surface area contributed by atoms with Crippen LogP contribution >= 0.6 is 24.0 Å². The van der Waals surface area contributed by atoms with Gasteiger partial charge in [0.1, 0.15) is 0 Å². The Kier molecular flexibility index (Phi) is 11.3. The second kappa shape index (κ2) is 12.9. The summed E-state index contributed by atoms with van der Waals surface area (Å²) >= 11 is 0. The van der Waals surface area contributed by atoms with Gasteiger partial charge in [0.25, 0.3) is 5.91 Å². The summed E-state index contributed by atoms with van der Waals surface area (Å²) in [7, 11) is 0. The summed E-state index contributed by atoms with van der Waals surface area (Å²) in [5.74, 6) is 0.707. The fourth-order valence-corrected chi connectivity index (χ4v) is 3.01. The first-order valence-corrected chi connectivity index (χ1v) is 9.57. The Morgan fingerprint density at radius 2 is 2.07 bits per heavy atom. The van der Waals surface area contributed by atoms with E-state index in [0.717, 1.165) is 38.4 Å². The number of nitrogens with one attached hydrogen (secondary N) is 3. The van der Waals surface area contributed by atoms with Crippen LogP contribution < -0.4 is 16.0 Å². The van der Waals surface area contributed by atoms with Crippen molar-refractivity contribution < 1.29 is 4.79 Å². The van der Waals surface area contributed by atoms with Crippen molar-refractivity contribution in [2.24, 2.45) is 4.99 Å². The fraction of sp³-hybridized carbons (Fsp3) is 0.632. The maximum atomic E-state index is 12.0. The van der Waals surface area contributed by atoms with E-state index in [9.17, 15) is 4.79 Å². The zero-order chi connectivity index (χ0) is 18.8. The molecule has 0 saturated carbocycles. The average molecular weight is 488 g/mol. The fourth-order valence-electron chi connectivity index (χ4n) is 3.01. The van der Waals surface area contributed by atoms with Gasteiger partial charge in [-0.1, -0.05) is 0 Å². The Balaban J connectivity index is 0.00000364. The summed E-state index contributed by atoms with van der Waals surface area (Å²) < 4.78 is 0. The minimum Gasteiger partial charge on any atom is -0.357 e. The predicted molar refractivity (Wildman–Crippen MR) is 121 cm³/mol. The van der Waals surface area contributed by atoms with E-state index in [2.05, 4.69) is 51.6 Å². The number of piperidine rings is 1. The number of hydrogen-bond acceptors (Lipinski definition) is 4. The topological polar surface area (TPSA) is 81.6 Å². The van der Waals surface area contributed by atoms with Crippen molar-refractivity contribution in [3.8, 4) is 0 Å². The third-order valence-corrected chi connectivity index (χ3v) is 4.54. The van der Waals surface area contributed by atoms with Gasteiger partial charge < -0.3 is 20.9 Å². The summed E-state index contributed by atoms with van der Waals surface area (Å²) in [4.78, 5) is 23.0. The third-order valence-electron chi connectivity index (χ3n) is 4.54. The van der Waals surface area contributed by atoms with Gasteiger partial charge >= 0.3 is 0 Å². The van der Waals surface area contributed by atoms with Gasteiger partial charge in [-0.15, -0.1) is 24.0 Å². The number of halogens is 1. The van der Waals surface area contributed by atoms with Gasteiger partial charge in [0, 0.05) is 50.7 Å². The van der Waals surface area contributed by atoms with Crippen LogP contribution in [0.15, 0.2) is 29.5 Å². The number of carbonyl (C=O) groups excluding carboxylic acids is 1. The highest BCUT2D eigenvalue weighted by Crippen LogP contribution is 2.12. The maximum absolute atomic E-state index is 12.0. The first-order valence-electron chi connectivity index (χ1n) is 9.57.